The van der Waals surface area contributed by atoms with E-state index in [9.17, 15) is 4.79 Å². The number of carbonyl (C=O) groups is 1. The number of hydrogen-bond acceptors (Lipinski definition) is 4. The zero-order chi connectivity index (χ0) is 13.8. The first-order valence-corrected chi connectivity index (χ1v) is 6.37. The van der Waals surface area contributed by atoms with Gasteiger partial charge in [-0.25, -0.2) is 0 Å². The SMILES string of the molecule is COc1ccc(N(C)C(=O)CNC2CC2)c(OC)c1. The lowest BCUT2D eigenvalue weighted by Crippen LogP contribution is -2.36. The van der Waals surface area contributed by atoms with Crippen molar-refractivity contribution in [2.24, 2.45) is 0 Å². The highest BCUT2D eigenvalue weighted by Crippen LogP contribution is 2.31. The average molecular weight is 264 g/mol. The number of benzene rings is 1. The second-order valence-corrected chi connectivity index (χ2v) is 4.65. The highest BCUT2D eigenvalue weighted by atomic mass is 16.5. The molecule has 1 N–H and O–H groups in total. The molecular formula is C14H20N2O3. The van der Waals surface area contributed by atoms with Crippen LogP contribution in [-0.4, -0.2) is 39.8 Å². The van der Waals surface area contributed by atoms with Gasteiger partial charge < -0.3 is 19.7 Å². The summed E-state index contributed by atoms with van der Waals surface area (Å²) >= 11 is 0. The molecule has 1 aliphatic carbocycles. The van der Waals surface area contributed by atoms with Crippen LogP contribution in [-0.2, 0) is 4.79 Å². The average Bonchev–Trinajstić information content (AvgIpc) is 3.27. The Balaban J connectivity index is 2.07. The van der Waals surface area contributed by atoms with E-state index in [2.05, 4.69) is 5.32 Å². The molecule has 104 valence electrons. The zero-order valence-electron chi connectivity index (χ0n) is 11.6. The van der Waals surface area contributed by atoms with Gasteiger partial charge in [0.25, 0.3) is 0 Å². The fourth-order valence-electron chi connectivity index (χ4n) is 1.83. The lowest BCUT2D eigenvalue weighted by Gasteiger charge is -2.20. The number of hydrogen-bond donors (Lipinski definition) is 1. The first-order valence-electron chi connectivity index (χ1n) is 6.37. The van der Waals surface area contributed by atoms with Crippen LogP contribution < -0.4 is 19.7 Å². The quantitative estimate of drug-likeness (QED) is 0.844. The number of carbonyl (C=O) groups excluding carboxylic acids is 1. The van der Waals surface area contributed by atoms with E-state index >= 15 is 0 Å². The van der Waals surface area contributed by atoms with Gasteiger partial charge in [-0.1, -0.05) is 0 Å². The Morgan fingerprint density at radius 2 is 2.11 bits per heavy atom. The van der Waals surface area contributed by atoms with Crippen LogP contribution in [0.4, 0.5) is 5.69 Å². The normalized spacial score (nSPS) is 14.1. The number of likely N-dealkylation sites (N-methyl/N-ethyl adjacent to an activating group) is 1. The van der Waals surface area contributed by atoms with Gasteiger partial charge in [-0.2, -0.15) is 0 Å². The molecule has 0 aromatic heterocycles. The number of anilines is 1. The van der Waals surface area contributed by atoms with E-state index in [1.807, 2.05) is 12.1 Å². The Morgan fingerprint density at radius 3 is 2.68 bits per heavy atom. The van der Waals surface area contributed by atoms with Crippen molar-refractivity contribution in [3.8, 4) is 11.5 Å². The molecule has 2 rings (SSSR count). The molecule has 1 fully saturated rings. The van der Waals surface area contributed by atoms with Gasteiger partial charge >= 0.3 is 0 Å². The first kappa shape index (κ1) is 13.7. The maximum atomic E-state index is 12.1. The molecule has 0 heterocycles. The fourth-order valence-corrected chi connectivity index (χ4v) is 1.83. The van der Waals surface area contributed by atoms with Crippen molar-refractivity contribution in [2.75, 3.05) is 32.7 Å². The molecule has 0 unspecified atom stereocenters. The summed E-state index contributed by atoms with van der Waals surface area (Å²) in [6.45, 7) is 0.357. The minimum absolute atomic E-state index is 0.0235. The van der Waals surface area contributed by atoms with E-state index < -0.39 is 0 Å². The van der Waals surface area contributed by atoms with Crippen LogP contribution in [0.25, 0.3) is 0 Å². The Labute approximate surface area is 113 Å². The van der Waals surface area contributed by atoms with Crippen molar-refractivity contribution < 1.29 is 14.3 Å². The maximum Gasteiger partial charge on any atom is 0.240 e. The second-order valence-electron chi connectivity index (χ2n) is 4.65. The van der Waals surface area contributed by atoms with Crippen LogP contribution in [0.2, 0.25) is 0 Å². The molecule has 0 radical (unpaired) electrons. The molecule has 1 amide bonds. The van der Waals surface area contributed by atoms with Gasteiger partial charge in [-0.3, -0.25) is 4.79 Å². The fraction of sp³-hybridized carbons (Fsp3) is 0.500. The number of nitrogens with one attached hydrogen (secondary N) is 1. The minimum atomic E-state index is 0.0235. The third kappa shape index (κ3) is 3.38. The summed E-state index contributed by atoms with van der Waals surface area (Å²) in [5.74, 6) is 1.36. The molecule has 0 spiro atoms. The standard InChI is InChI=1S/C14H20N2O3/c1-16(14(17)9-15-10-4-5-10)12-7-6-11(18-2)8-13(12)19-3/h6-8,10,15H,4-5,9H2,1-3H3. The van der Waals surface area contributed by atoms with Crippen molar-refractivity contribution in [1.82, 2.24) is 5.32 Å². The van der Waals surface area contributed by atoms with E-state index in [-0.39, 0.29) is 5.91 Å². The molecule has 0 atom stereocenters. The van der Waals surface area contributed by atoms with Gasteiger partial charge in [0.1, 0.15) is 11.5 Å². The monoisotopic (exact) mass is 264 g/mol. The van der Waals surface area contributed by atoms with E-state index in [4.69, 9.17) is 9.47 Å². The van der Waals surface area contributed by atoms with E-state index in [0.717, 1.165) is 5.69 Å². The van der Waals surface area contributed by atoms with E-state index in [0.29, 0.717) is 24.1 Å². The molecule has 5 nitrogen and oxygen atoms in total. The molecule has 0 aliphatic heterocycles. The molecule has 0 saturated heterocycles. The number of amides is 1. The lowest BCUT2D eigenvalue weighted by molar-refractivity contribution is -0.117. The van der Waals surface area contributed by atoms with Gasteiger partial charge in [0.05, 0.1) is 26.5 Å². The Kier molecular flexibility index (Phi) is 4.27. The highest BCUT2D eigenvalue weighted by Gasteiger charge is 2.23. The number of ether oxygens (including phenoxy) is 2. The van der Waals surface area contributed by atoms with Crippen LogP contribution in [0.5, 0.6) is 11.5 Å². The molecule has 1 aromatic carbocycles. The van der Waals surface area contributed by atoms with Crippen molar-refractivity contribution in [1.29, 1.82) is 0 Å². The zero-order valence-corrected chi connectivity index (χ0v) is 11.6. The maximum absolute atomic E-state index is 12.1. The summed E-state index contributed by atoms with van der Waals surface area (Å²) in [5.41, 5.74) is 0.742. The summed E-state index contributed by atoms with van der Waals surface area (Å²) in [5, 5.41) is 3.21. The lowest BCUT2D eigenvalue weighted by atomic mass is 10.2. The van der Waals surface area contributed by atoms with Gasteiger partial charge in [0.2, 0.25) is 5.91 Å². The van der Waals surface area contributed by atoms with Gasteiger partial charge in [0.15, 0.2) is 0 Å². The van der Waals surface area contributed by atoms with Gasteiger partial charge in [-0.05, 0) is 25.0 Å². The van der Waals surface area contributed by atoms with Crippen LogP contribution in [0, 0.1) is 0 Å². The second kappa shape index (κ2) is 5.93. The van der Waals surface area contributed by atoms with Crippen LogP contribution in [0.1, 0.15) is 12.8 Å². The summed E-state index contributed by atoms with van der Waals surface area (Å²) in [6, 6.07) is 5.94. The van der Waals surface area contributed by atoms with Gasteiger partial charge in [-0.15, -0.1) is 0 Å². The Hall–Kier alpha value is -1.75. The third-order valence-corrected chi connectivity index (χ3v) is 3.24. The summed E-state index contributed by atoms with van der Waals surface area (Å²) in [7, 11) is 4.93. The van der Waals surface area contributed by atoms with Crippen LogP contribution in [0.3, 0.4) is 0 Å². The van der Waals surface area contributed by atoms with Gasteiger partial charge in [0, 0.05) is 19.2 Å². The molecule has 0 bridgehead atoms. The van der Waals surface area contributed by atoms with Crippen molar-refractivity contribution in [3.05, 3.63) is 18.2 Å². The van der Waals surface area contributed by atoms with Crippen molar-refractivity contribution in [3.63, 3.8) is 0 Å². The molecular weight excluding hydrogens is 244 g/mol. The number of nitrogens with zero attached hydrogens (tertiary/aromatic N) is 1. The Morgan fingerprint density at radius 1 is 1.37 bits per heavy atom. The Bertz CT molecular complexity index is 458. The first-order chi connectivity index (χ1) is 9.15. The highest BCUT2D eigenvalue weighted by molar-refractivity contribution is 5.95. The predicted molar refractivity (Wildman–Crippen MR) is 74.0 cm³/mol. The predicted octanol–water partition coefficient (Wildman–Crippen LogP) is 1.42. The van der Waals surface area contributed by atoms with E-state index in [1.54, 1.807) is 32.2 Å². The minimum Gasteiger partial charge on any atom is -0.497 e. The summed E-state index contributed by atoms with van der Waals surface area (Å²) in [6.07, 6.45) is 2.34. The summed E-state index contributed by atoms with van der Waals surface area (Å²) in [4.78, 5) is 13.7. The molecule has 1 saturated carbocycles. The largest absolute Gasteiger partial charge is 0.497 e. The number of methoxy groups -OCH3 is 2. The van der Waals surface area contributed by atoms with Crippen molar-refractivity contribution in [2.45, 2.75) is 18.9 Å². The molecule has 19 heavy (non-hydrogen) atoms. The smallest absolute Gasteiger partial charge is 0.240 e. The van der Waals surface area contributed by atoms with Crippen molar-refractivity contribution >= 4 is 11.6 Å². The van der Waals surface area contributed by atoms with Crippen LogP contribution >= 0.6 is 0 Å². The molecule has 5 heteroatoms. The molecule has 1 aromatic rings. The van der Waals surface area contributed by atoms with Crippen LogP contribution in [0.15, 0.2) is 18.2 Å². The number of rotatable bonds is 6. The third-order valence-electron chi connectivity index (χ3n) is 3.24. The topological polar surface area (TPSA) is 50.8 Å². The summed E-state index contributed by atoms with van der Waals surface area (Å²) < 4.78 is 10.4. The molecule has 1 aliphatic rings. The van der Waals surface area contributed by atoms with E-state index in [1.165, 1.54) is 12.8 Å².